The van der Waals surface area contributed by atoms with Gasteiger partial charge in [0.05, 0.1) is 11.6 Å². The Morgan fingerprint density at radius 3 is 3.17 bits per heavy atom. The first kappa shape index (κ1) is 10.9. The zero-order valence-electron chi connectivity index (χ0n) is 9.09. The molecule has 0 saturated heterocycles. The fraction of sp³-hybridized carbons (Fsp3) is 0.222. The maximum atomic E-state index is 5.81. The zero-order valence-corrected chi connectivity index (χ0v) is 9.85. The third-order valence-electron chi connectivity index (χ3n) is 2.33. The fourth-order valence-electron chi connectivity index (χ4n) is 1.54. The minimum Gasteiger partial charge on any atom is -0.369 e. The molecule has 0 fully saturated rings. The van der Waals surface area contributed by atoms with E-state index in [4.69, 9.17) is 11.6 Å². The molecule has 3 aromatic heterocycles. The van der Waals surface area contributed by atoms with E-state index in [0.29, 0.717) is 30.3 Å². The van der Waals surface area contributed by atoms with E-state index in [0.717, 1.165) is 5.39 Å². The Balaban J connectivity index is 1.75. The van der Waals surface area contributed by atoms with Crippen molar-refractivity contribution in [2.75, 3.05) is 11.9 Å². The highest BCUT2D eigenvalue weighted by Crippen LogP contribution is 2.19. The summed E-state index contributed by atoms with van der Waals surface area (Å²) in [4.78, 5) is 12.0. The Hall–Kier alpha value is -2.22. The third kappa shape index (κ3) is 2.09. The number of hydrogen-bond donors (Lipinski definition) is 2. The zero-order chi connectivity index (χ0) is 12.4. The van der Waals surface area contributed by atoms with Crippen LogP contribution in [0.2, 0.25) is 5.28 Å². The third-order valence-corrected chi connectivity index (χ3v) is 2.50. The number of rotatable bonds is 4. The number of nitrogens with one attached hydrogen (secondary N) is 2. The van der Waals surface area contributed by atoms with Gasteiger partial charge in [0.2, 0.25) is 11.7 Å². The molecular formula is C9H8ClN7O. The second-order valence-corrected chi connectivity index (χ2v) is 3.84. The van der Waals surface area contributed by atoms with Crippen molar-refractivity contribution in [3.63, 3.8) is 0 Å². The van der Waals surface area contributed by atoms with Crippen LogP contribution in [-0.2, 0) is 6.42 Å². The summed E-state index contributed by atoms with van der Waals surface area (Å²) in [7, 11) is 0. The van der Waals surface area contributed by atoms with Crippen LogP contribution in [0.4, 0.5) is 5.82 Å². The van der Waals surface area contributed by atoms with Crippen LogP contribution in [0.3, 0.4) is 0 Å². The van der Waals surface area contributed by atoms with Crippen molar-refractivity contribution in [3.8, 4) is 0 Å². The van der Waals surface area contributed by atoms with Gasteiger partial charge in [-0.25, -0.2) is 0 Å². The molecule has 0 aliphatic rings. The standard InChI is InChI=1S/C9H8ClN7O/c10-9-14-7(5-3-13-16-8(5)15-9)11-2-1-6-12-4-18-17-6/h3-4H,1-2H2,(H2,11,13,14,15,16). The van der Waals surface area contributed by atoms with Gasteiger partial charge in [-0.3, -0.25) is 5.10 Å². The number of hydrogen-bond acceptors (Lipinski definition) is 7. The summed E-state index contributed by atoms with van der Waals surface area (Å²) in [5, 5.41) is 14.4. The normalized spacial score (nSPS) is 10.9. The van der Waals surface area contributed by atoms with Crippen LogP contribution in [0.5, 0.6) is 0 Å². The van der Waals surface area contributed by atoms with Gasteiger partial charge in [-0.15, -0.1) is 0 Å². The molecule has 2 N–H and O–H groups in total. The Bertz CT molecular complexity index is 650. The predicted molar refractivity (Wildman–Crippen MR) is 63.2 cm³/mol. The molecule has 3 heterocycles. The smallest absolute Gasteiger partial charge is 0.226 e. The van der Waals surface area contributed by atoms with Crippen LogP contribution in [0.15, 0.2) is 17.1 Å². The maximum absolute atomic E-state index is 5.81. The lowest BCUT2D eigenvalue weighted by Crippen LogP contribution is -2.08. The van der Waals surface area contributed by atoms with Crippen molar-refractivity contribution >= 4 is 28.5 Å². The monoisotopic (exact) mass is 265 g/mol. The summed E-state index contributed by atoms with van der Waals surface area (Å²) in [6.07, 6.45) is 3.56. The summed E-state index contributed by atoms with van der Waals surface area (Å²) >= 11 is 5.81. The SMILES string of the molecule is Clc1nc(NCCc2ncon2)c2cn[nH]c2n1. The number of fused-ring (bicyclic) bond motifs is 1. The summed E-state index contributed by atoms with van der Waals surface area (Å²) in [5.74, 6) is 1.26. The summed E-state index contributed by atoms with van der Waals surface area (Å²) < 4.78 is 4.64. The lowest BCUT2D eigenvalue weighted by atomic mass is 10.3. The number of halogens is 1. The molecule has 0 saturated carbocycles. The van der Waals surface area contributed by atoms with E-state index in [1.54, 1.807) is 6.20 Å². The Labute approximate surface area is 106 Å². The van der Waals surface area contributed by atoms with Gasteiger partial charge >= 0.3 is 0 Å². The number of anilines is 1. The lowest BCUT2D eigenvalue weighted by molar-refractivity contribution is 0.410. The molecule has 0 aliphatic carbocycles. The quantitative estimate of drug-likeness (QED) is 0.679. The molecule has 0 atom stereocenters. The Morgan fingerprint density at radius 1 is 1.39 bits per heavy atom. The topological polar surface area (TPSA) is 105 Å². The molecule has 0 amide bonds. The molecule has 92 valence electrons. The van der Waals surface area contributed by atoms with Gasteiger partial charge in [-0.2, -0.15) is 20.1 Å². The lowest BCUT2D eigenvalue weighted by Gasteiger charge is -2.04. The van der Waals surface area contributed by atoms with Gasteiger partial charge in [0.1, 0.15) is 5.82 Å². The highest BCUT2D eigenvalue weighted by Gasteiger charge is 2.08. The minimum atomic E-state index is 0.161. The average molecular weight is 266 g/mol. The van der Waals surface area contributed by atoms with E-state index in [1.165, 1.54) is 6.39 Å². The molecule has 0 spiro atoms. The molecule has 0 radical (unpaired) electrons. The Kier molecular flexibility index (Phi) is 2.77. The average Bonchev–Trinajstić information content (AvgIpc) is 2.98. The molecule has 0 unspecified atom stereocenters. The highest BCUT2D eigenvalue weighted by atomic mass is 35.5. The molecule has 18 heavy (non-hydrogen) atoms. The van der Waals surface area contributed by atoms with Crippen molar-refractivity contribution in [2.24, 2.45) is 0 Å². The van der Waals surface area contributed by atoms with E-state index in [9.17, 15) is 0 Å². The van der Waals surface area contributed by atoms with Crippen molar-refractivity contribution in [3.05, 3.63) is 23.7 Å². The molecule has 3 rings (SSSR count). The van der Waals surface area contributed by atoms with Gasteiger partial charge in [0, 0.05) is 13.0 Å². The first-order valence-electron chi connectivity index (χ1n) is 5.18. The van der Waals surface area contributed by atoms with Crippen molar-refractivity contribution < 1.29 is 4.52 Å². The maximum Gasteiger partial charge on any atom is 0.226 e. The second kappa shape index (κ2) is 4.57. The number of aromatic amines is 1. The highest BCUT2D eigenvalue weighted by molar-refractivity contribution is 6.28. The van der Waals surface area contributed by atoms with Gasteiger partial charge in [0.15, 0.2) is 11.5 Å². The number of H-pyrrole nitrogens is 1. The number of nitrogens with zero attached hydrogens (tertiary/aromatic N) is 5. The van der Waals surface area contributed by atoms with Crippen LogP contribution in [0, 0.1) is 0 Å². The van der Waals surface area contributed by atoms with Crippen molar-refractivity contribution in [2.45, 2.75) is 6.42 Å². The van der Waals surface area contributed by atoms with E-state index in [1.807, 2.05) is 0 Å². The summed E-state index contributed by atoms with van der Waals surface area (Å²) in [6, 6.07) is 0. The molecular weight excluding hydrogens is 258 g/mol. The van der Waals surface area contributed by atoms with Gasteiger partial charge in [-0.1, -0.05) is 5.16 Å². The first-order valence-corrected chi connectivity index (χ1v) is 5.56. The van der Waals surface area contributed by atoms with Crippen LogP contribution in [0.1, 0.15) is 5.82 Å². The number of aromatic nitrogens is 6. The van der Waals surface area contributed by atoms with Gasteiger partial charge in [0.25, 0.3) is 0 Å². The van der Waals surface area contributed by atoms with E-state index in [-0.39, 0.29) is 5.28 Å². The van der Waals surface area contributed by atoms with Crippen LogP contribution in [0.25, 0.3) is 11.0 Å². The molecule has 9 heteroatoms. The van der Waals surface area contributed by atoms with Gasteiger partial charge in [-0.05, 0) is 11.6 Å². The first-order chi connectivity index (χ1) is 8.83. The van der Waals surface area contributed by atoms with E-state index >= 15 is 0 Å². The molecule has 0 aromatic carbocycles. The minimum absolute atomic E-state index is 0.161. The molecule has 0 aliphatic heterocycles. The van der Waals surface area contributed by atoms with E-state index in [2.05, 4.69) is 40.1 Å². The summed E-state index contributed by atoms with van der Waals surface area (Å²) in [6.45, 7) is 0.604. The second-order valence-electron chi connectivity index (χ2n) is 3.50. The Morgan fingerprint density at radius 2 is 2.33 bits per heavy atom. The van der Waals surface area contributed by atoms with Crippen LogP contribution >= 0.6 is 11.6 Å². The van der Waals surface area contributed by atoms with Crippen LogP contribution < -0.4 is 5.32 Å². The van der Waals surface area contributed by atoms with Crippen molar-refractivity contribution in [1.82, 2.24) is 30.3 Å². The molecule has 8 nitrogen and oxygen atoms in total. The van der Waals surface area contributed by atoms with E-state index < -0.39 is 0 Å². The van der Waals surface area contributed by atoms with Crippen molar-refractivity contribution in [1.29, 1.82) is 0 Å². The fourth-order valence-corrected chi connectivity index (χ4v) is 1.71. The predicted octanol–water partition coefficient (Wildman–Crippen LogP) is 1.04. The van der Waals surface area contributed by atoms with Gasteiger partial charge < -0.3 is 9.84 Å². The summed E-state index contributed by atoms with van der Waals surface area (Å²) in [5.41, 5.74) is 0.595. The largest absolute Gasteiger partial charge is 0.369 e. The molecule has 3 aromatic rings. The molecule has 0 bridgehead atoms. The van der Waals surface area contributed by atoms with Crippen LogP contribution in [-0.4, -0.2) is 36.9 Å².